The first-order chi connectivity index (χ1) is 13.8. The summed E-state index contributed by atoms with van der Waals surface area (Å²) in [7, 11) is 1.85. The van der Waals surface area contributed by atoms with Crippen molar-refractivity contribution in [3.05, 3.63) is 33.5 Å². The maximum absolute atomic E-state index is 15.7. The molecular weight excluding hydrogens is 382 g/mol. The van der Waals surface area contributed by atoms with E-state index >= 15 is 4.39 Å². The summed E-state index contributed by atoms with van der Waals surface area (Å²) in [5, 5.41) is 12.3. The average Bonchev–Trinajstić information content (AvgIpc) is 3.38. The van der Waals surface area contributed by atoms with Gasteiger partial charge in [-0.1, -0.05) is 0 Å². The molecule has 0 bridgehead atoms. The zero-order valence-corrected chi connectivity index (χ0v) is 16.3. The van der Waals surface area contributed by atoms with Crippen molar-refractivity contribution in [3.63, 3.8) is 0 Å². The quantitative estimate of drug-likeness (QED) is 0.705. The molecule has 9 heteroatoms. The van der Waals surface area contributed by atoms with E-state index < -0.39 is 28.6 Å². The number of nitrogens with one attached hydrogen (secondary N) is 1. The van der Waals surface area contributed by atoms with Gasteiger partial charge in [0, 0.05) is 25.2 Å². The molecule has 29 heavy (non-hydrogen) atoms. The van der Waals surface area contributed by atoms with Crippen molar-refractivity contribution in [3.8, 4) is 0 Å². The van der Waals surface area contributed by atoms with Crippen LogP contribution in [0.1, 0.15) is 42.6 Å². The number of carbonyl (C=O) groups is 1. The topological polar surface area (TPSA) is 101 Å². The van der Waals surface area contributed by atoms with Crippen LogP contribution in [0.2, 0.25) is 0 Å². The number of pyridine rings is 1. The number of halogens is 2. The largest absolute Gasteiger partial charge is 0.477 e. The highest BCUT2D eigenvalue weighted by atomic mass is 19.1. The molecule has 2 fully saturated rings. The number of carboxylic acids is 1. The molecule has 2 heterocycles. The van der Waals surface area contributed by atoms with Gasteiger partial charge in [-0.25, -0.2) is 13.6 Å². The third kappa shape index (κ3) is 3.04. The summed E-state index contributed by atoms with van der Waals surface area (Å²) < 4.78 is 32.0. The molecule has 0 spiro atoms. The molecule has 0 amide bonds. The van der Waals surface area contributed by atoms with Gasteiger partial charge in [-0.05, 0) is 45.2 Å². The molecule has 2 aliphatic rings. The van der Waals surface area contributed by atoms with Crippen LogP contribution in [-0.2, 0) is 0 Å². The van der Waals surface area contributed by atoms with Crippen LogP contribution in [0.15, 0.2) is 10.9 Å². The molecule has 1 aromatic carbocycles. The van der Waals surface area contributed by atoms with Crippen LogP contribution in [0.3, 0.4) is 0 Å². The lowest BCUT2D eigenvalue weighted by Gasteiger charge is -2.24. The van der Waals surface area contributed by atoms with Crippen LogP contribution in [-0.4, -0.2) is 41.8 Å². The molecule has 1 saturated heterocycles. The summed E-state index contributed by atoms with van der Waals surface area (Å²) in [5.41, 5.74) is 4.09. The number of fused-ring (bicyclic) bond motifs is 1. The summed E-state index contributed by atoms with van der Waals surface area (Å²) in [6, 6.07) is 0.958. The monoisotopic (exact) mass is 406 g/mol. The summed E-state index contributed by atoms with van der Waals surface area (Å²) >= 11 is 0. The molecule has 2 atom stereocenters. The van der Waals surface area contributed by atoms with E-state index in [1.54, 1.807) is 4.90 Å². The number of hydrogen-bond acceptors (Lipinski definition) is 5. The van der Waals surface area contributed by atoms with Crippen molar-refractivity contribution >= 4 is 28.4 Å². The van der Waals surface area contributed by atoms with Gasteiger partial charge < -0.3 is 25.6 Å². The van der Waals surface area contributed by atoms with Crippen molar-refractivity contribution in [1.82, 2.24) is 9.88 Å². The van der Waals surface area contributed by atoms with E-state index in [1.807, 2.05) is 14.0 Å². The van der Waals surface area contributed by atoms with Crippen LogP contribution in [0.4, 0.5) is 20.3 Å². The second-order valence-corrected chi connectivity index (χ2v) is 7.98. The summed E-state index contributed by atoms with van der Waals surface area (Å²) in [6.07, 6.45) is 2.17. The number of nitrogens with zero attached hydrogens (tertiary/aromatic N) is 2. The molecule has 2 aromatic rings. The lowest BCUT2D eigenvalue weighted by atomic mass is 10.0. The van der Waals surface area contributed by atoms with Gasteiger partial charge >= 0.3 is 5.97 Å². The number of aromatic carboxylic acids is 1. The van der Waals surface area contributed by atoms with E-state index in [2.05, 4.69) is 5.32 Å². The normalized spacial score (nSPS) is 20.4. The maximum Gasteiger partial charge on any atom is 0.343 e. The smallest absolute Gasteiger partial charge is 0.343 e. The molecule has 1 saturated carbocycles. The standard InChI is InChI=1S/C20H24F2N4O3/c1-9(24-2)10-5-6-25(8-10)17-13(21)7-12-16(15(17)22)26(11-3-4-11)19(23)14(18(12)27)20(28)29/h7,9-11,24H,3-6,8,23H2,1-2H3,(H,28,29). The van der Waals surface area contributed by atoms with Gasteiger partial charge in [-0.15, -0.1) is 0 Å². The minimum atomic E-state index is -1.50. The number of rotatable bonds is 5. The van der Waals surface area contributed by atoms with E-state index in [0.29, 0.717) is 25.9 Å². The van der Waals surface area contributed by atoms with E-state index in [-0.39, 0.29) is 40.4 Å². The van der Waals surface area contributed by atoms with Crippen molar-refractivity contribution in [2.24, 2.45) is 5.92 Å². The third-order valence-electron chi connectivity index (χ3n) is 6.23. The van der Waals surface area contributed by atoms with Gasteiger partial charge in [0.05, 0.1) is 10.9 Å². The first kappa shape index (κ1) is 19.6. The fourth-order valence-corrected chi connectivity index (χ4v) is 4.34. The Hall–Kier alpha value is -2.68. The molecule has 4 rings (SSSR count). The van der Waals surface area contributed by atoms with Crippen LogP contribution in [0.25, 0.3) is 10.9 Å². The Morgan fingerprint density at radius 2 is 2.03 bits per heavy atom. The molecule has 1 aliphatic heterocycles. The minimum absolute atomic E-state index is 0.110. The highest BCUT2D eigenvalue weighted by molar-refractivity contribution is 5.99. The number of anilines is 2. The van der Waals surface area contributed by atoms with E-state index in [4.69, 9.17) is 5.73 Å². The van der Waals surface area contributed by atoms with E-state index in [9.17, 15) is 19.1 Å². The SMILES string of the molecule is CNC(C)C1CCN(c2c(F)cc3c(=O)c(C(=O)O)c(N)n(C4CC4)c3c2F)C1. The molecule has 1 aromatic heterocycles. The summed E-state index contributed by atoms with van der Waals surface area (Å²) in [5.74, 6) is -3.27. The number of aromatic nitrogens is 1. The molecule has 2 unspecified atom stereocenters. The molecular formula is C20H24F2N4O3. The first-order valence-electron chi connectivity index (χ1n) is 9.77. The van der Waals surface area contributed by atoms with Crippen molar-refractivity contribution in [1.29, 1.82) is 0 Å². The molecule has 156 valence electrons. The van der Waals surface area contributed by atoms with Gasteiger partial charge in [0.1, 0.15) is 22.9 Å². The van der Waals surface area contributed by atoms with Gasteiger partial charge in [0.25, 0.3) is 0 Å². The number of nitrogens with two attached hydrogens (primary N) is 1. The number of benzene rings is 1. The number of nitrogen functional groups attached to an aromatic ring is 1. The van der Waals surface area contributed by atoms with E-state index in [1.165, 1.54) is 4.57 Å². The van der Waals surface area contributed by atoms with Crippen LogP contribution >= 0.6 is 0 Å². The van der Waals surface area contributed by atoms with Crippen molar-refractivity contribution in [2.45, 2.75) is 38.3 Å². The summed E-state index contributed by atoms with van der Waals surface area (Å²) in [6.45, 7) is 3.00. The van der Waals surface area contributed by atoms with Crippen LogP contribution in [0, 0.1) is 17.6 Å². The Morgan fingerprint density at radius 3 is 2.62 bits per heavy atom. The lowest BCUT2D eigenvalue weighted by molar-refractivity contribution is 0.0696. The fourth-order valence-electron chi connectivity index (χ4n) is 4.34. The van der Waals surface area contributed by atoms with Crippen LogP contribution < -0.4 is 21.4 Å². The van der Waals surface area contributed by atoms with E-state index in [0.717, 1.165) is 12.5 Å². The van der Waals surface area contributed by atoms with Crippen LogP contribution in [0.5, 0.6) is 0 Å². The predicted octanol–water partition coefficient (Wildman–Crippen LogP) is 2.33. The highest BCUT2D eigenvalue weighted by Gasteiger charge is 2.35. The maximum atomic E-state index is 15.7. The number of carboxylic acid groups (broad SMARTS) is 1. The average molecular weight is 406 g/mol. The highest BCUT2D eigenvalue weighted by Crippen LogP contribution is 2.42. The zero-order chi connectivity index (χ0) is 21.0. The second-order valence-electron chi connectivity index (χ2n) is 7.98. The Balaban J connectivity index is 1.94. The van der Waals surface area contributed by atoms with Crippen molar-refractivity contribution < 1.29 is 18.7 Å². The minimum Gasteiger partial charge on any atom is -0.477 e. The number of hydrogen-bond donors (Lipinski definition) is 3. The molecule has 7 nitrogen and oxygen atoms in total. The second kappa shape index (κ2) is 6.98. The molecule has 1 aliphatic carbocycles. The van der Waals surface area contributed by atoms with Gasteiger partial charge in [0.2, 0.25) is 5.43 Å². The Bertz CT molecular complexity index is 1060. The predicted molar refractivity (Wildman–Crippen MR) is 107 cm³/mol. The summed E-state index contributed by atoms with van der Waals surface area (Å²) in [4.78, 5) is 25.9. The van der Waals surface area contributed by atoms with Gasteiger partial charge in [0.15, 0.2) is 5.82 Å². The third-order valence-corrected chi connectivity index (χ3v) is 6.23. The zero-order valence-electron chi connectivity index (χ0n) is 16.3. The first-order valence-corrected chi connectivity index (χ1v) is 9.77. The molecule has 0 radical (unpaired) electrons. The Morgan fingerprint density at radius 1 is 1.34 bits per heavy atom. The lowest BCUT2D eigenvalue weighted by Crippen LogP contribution is -2.33. The van der Waals surface area contributed by atoms with Gasteiger partial charge in [-0.2, -0.15) is 0 Å². The van der Waals surface area contributed by atoms with Crippen molar-refractivity contribution in [2.75, 3.05) is 30.8 Å². The Labute approximate surface area is 166 Å². The molecule has 4 N–H and O–H groups in total. The van der Waals surface area contributed by atoms with Gasteiger partial charge in [-0.3, -0.25) is 4.79 Å². The fraction of sp³-hybridized carbons (Fsp3) is 0.500. The Kier molecular flexibility index (Phi) is 4.72.